The van der Waals surface area contributed by atoms with E-state index in [9.17, 15) is 4.79 Å². The summed E-state index contributed by atoms with van der Waals surface area (Å²) in [6, 6.07) is 1.67. The molecule has 1 heterocycles. The van der Waals surface area contributed by atoms with Gasteiger partial charge >= 0.3 is 5.97 Å². The minimum atomic E-state index is -0.322. The van der Waals surface area contributed by atoms with Gasteiger partial charge in [-0.25, -0.2) is 4.79 Å². The Kier molecular flexibility index (Phi) is 6.33. The molecule has 0 amide bonds. The van der Waals surface area contributed by atoms with E-state index in [0.29, 0.717) is 11.4 Å². The summed E-state index contributed by atoms with van der Waals surface area (Å²) in [5.41, 5.74) is 6.87. The molecule has 0 spiro atoms. The number of rotatable bonds is 8. The molecule has 1 rings (SSSR count). The van der Waals surface area contributed by atoms with Gasteiger partial charge in [-0.2, -0.15) is 0 Å². The van der Waals surface area contributed by atoms with E-state index in [1.807, 2.05) is 4.57 Å². The first-order valence-corrected chi connectivity index (χ1v) is 6.73. The summed E-state index contributed by atoms with van der Waals surface area (Å²) in [5, 5.41) is 0. The Morgan fingerprint density at radius 1 is 1.28 bits per heavy atom. The maximum absolute atomic E-state index is 11.5. The van der Waals surface area contributed by atoms with Crippen LogP contribution in [0.5, 0.6) is 0 Å². The van der Waals surface area contributed by atoms with Gasteiger partial charge in [0.1, 0.15) is 5.69 Å². The highest BCUT2D eigenvalue weighted by Gasteiger charge is 2.12. The standard InChI is InChI=1S/C14H24N2O2/c1-3-4-5-6-7-8-9-16-11-12(15)10-13(16)14(17)18-2/h10-11H,3-9,15H2,1-2H3. The number of aromatic nitrogens is 1. The molecule has 18 heavy (non-hydrogen) atoms. The number of anilines is 1. The lowest BCUT2D eigenvalue weighted by Gasteiger charge is -2.07. The van der Waals surface area contributed by atoms with Gasteiger partial charge in [-0.15, -0.1) is 0 Å². The zero-order chi connectivity index (χ0) is 13.4. The van der Waals surface area contributed by atoms with Crippen LogP contribution in [-0.2, 0) is 11.3 Å². The highest BCUT2D eigenvalue weighted by Crippen LogP contribution is 2.14. The molecule has 2 N–H and O–H groups in total. The summed E-state index contributed by atoms with van der Waals surface area (Å²) in [6.45, 7) is 3.04. The van der Waals surface area contributed by atoms with Crippen LogP contribution < -0.4 is 5.73 Å². The third kappa shape index (κ3) is 4.43. The third-order valence-electron chi connectivity index (χ3n) is 3.06. The average molecular weight is 252 g/mol. The third-order valence-corrected chi connectivity index (χ3v) is 3.06. The number of ether oxygens (including phenoxy) is 1. The molecule has 0 radical (unpaired) electrons. The first-order chi connectivity index (χ1) is 8.69. The summed E-state index contributed by atoms with van der Waals surface area (Å²) in [7, 11) is 1.39. The molecular formula is C14H24N2O2. The Morgan fingerprint density at radius 3 is 2.61 bits per heavy atom. The van der Waals surface area contributed by atoms with Gasteiger partial charge in [-0.1, -0.05) is 39.0 Å². The molecule has 102 valence electrons. The molecule has 0 unspecified atom stereocenters. The van der Waals surface area contributed by atoms with E-state index in [1.165, 1.54) is 39.2 Å². The van der Waals surface area contributed by atoms with Crippen molar-refractivity contribution in [2.75, 3.05) is 12.8 Å². The quantitative estimate of drug-likeness (QED) is 0.571. The number of nitrogen functional groups attached to an aromatic ring is 1. The van der Waals surface area contributed by atoms with Gasteiger partial charge in [-0.05, 0) is 12.5 Å². The molecule has 0 aliphatic heterocycles. The SMILES string of the molecule is CCCCCCCCn1cc(N)cc1C(=O)OC. The van der Waals surface area contributed by atoms with E-state index in [4.69, 9.17) is 10.5 Å². The second-order valence-corrected chi connectivity index (χ2v) is 4.61. The van der Waals surface area contributed by atoms with Gasteiger partial charge in [0.2, 0.25) is 0 Å². The fraction of sp³-hybridized carbons (Fsp3) is 0.643. The molecule has 0 fully saturated rings. The number of nitrogens with two attached hydrogens (primary N) is 1. The number of carbonyl (C=O) groups is 1. The molecule has 1 aromatic heterocycles. The van der Waals surface area contributed by atoms with Crippen LogP contribution in [0.1, 0.15) is 55.9 Å². The van der Waals surface area contributed by atoms with Crippen LogP contribution in [0.15, 0.2) is 12.3 Å². The van der Waals surface area contributed by atoms with Crippen molar-refractivity contribution in [3.63, 3.8) is 0 Å². The van der Waals surface area contributed by atoms with Crippen LogP contribution in [0.25, 0.3) is 0 Å². The summed E-state index contributed by atoms with van der Waals surface area (Å²) < 4.78 is 6.62. The van der Waals surface area contributed by atoms with Crippen LogP contribution in [0.2, 0.25) is 0 Å². The van der Waals surface area contributed by atoms with Crippen molar-refractivity contribution < 1.29 is 9.53 Å². The highest BCUT2D eigenvalue weighted by molar-refractivity contribution is 5.88. The van der Waals surface area contributed by atoms with E-state index < -0.39 is 0 Å². The average Bonchev–Trinajstić information content (AvgIpc) is 2.74. The second kappa shape index (κ2) is 7.80. The van der Waals surface area contributed by atoms with Crippen LogP contribution in [0, 0.1) is 0 Å². The number of hydrogen-bond donors (Lipinski definition) is 1. The van der Waals surface area contributed by atoms with Gasteiger partial charge in [-0.3, -0.25) is 0 Å². The number of nitrogens with zero attached hydrogens (tertiary/aromatic N) is 1. The molecule has 0 aliphatic rings. The fourth-order valence-corrected chi connectivity index (χ4v) is 2.06. The molecule has 0 saturated carbocycles. The molecule has 0 saturated heterocycles. The zero-order valence-corrected chi connectivity index (χ0v) is 11.4. The Hall–Kier alpha value is -1.45. The zero-order valence-electron chi connectivity index (χ0n) is 11.4. The number of esters is 1. The van der Waals surface area contributed by atoms with Crippen molar-refractivity contribution in [2.24, 2.45) is 0 Å². The van der Waals surface area contributed by atoms with Crippen molar-refractivity contribution in [1.82, 2.24) is 4.57 Å². The molecular weight excluding hydrogens is 228 g/mol. The summed E-state index contributed by atoms with van der Waals surface area (Å²) in [4.78, 5) is 11.5. The van der Waals surface area contributed by atoms with Crippen LogP contribution >= 0.6 is 0 Å². The summed E-state index contributed by atoms with van der Waals surface area (Å²) in [6.07, 6.45) is 9.20. The Morgan fingerprint density at radius 2 is 1.94 bits per heavy atom. The number of unbranched alkanes of at least 4 members (excludes halogenated alkanes) is 5. The lowest BCUT2D eigenvalue weighted by atomic mass is 10.1. The van der Waals surface area contributed by atoms with Gasteiger partial charge in [0, 0.05) is 12.7 Å². The van der Waals surface area contributed by atoms with E-state index >= 15 is 0 Å². The van der Waals surface area contributed by atoms with Gasteiger partial charge in [0.25, 0.3) is 0 Å². The molecule has 0 aliphatic carbocycles. The Balaban J connectivity index is 2.39. The minimum Gasteiger partial charge on any atom is -0.464 e. The van der Waals surface area contributed by atoms with Crippen molar-refractivity contribution in [3.8, 4) is 0 Å². The summed E-state index contributed by atoms with van der Waals surface area (Å²) in [5.74, 6) is -0.322. The van der Waals surface area contributed by atoms with E-state index in [2.05, 4.69) is 6.92 Å². The first-order valence-electron chi connectivity index (χ1n) is 6.73. The van der Waals surface area contributed by atoms with Crippen molar-refractivity contribution >= 4 is 11.7 Å². The Labute approximate surface area is 109 Å². The van der Waals surface area contributed by atoms with E-state index in [-0.39, 0.29) is 5.97 Å². The molecule has 4 heteroatoms. The van der Waals surface area contributed by atoms with Gasteiger partial charge in [0.15, 0.2) is 0 Å². The van der Waals surface area contributed by atoms with Crippen molar-refractivity contribution in [2.45, 2.75) is 52.0 Å². The van der Waals surface area contributed by atoms with E-state index in [0.717, 1.165) is 13.0 Å². The molecule has 4 nitrogen and oxygen atoms in total. The molecule has 1 aromatic rings. The molecule has 0 bridgehead atoms. The number of methoxy groups -OCH3 is 1. The van der Waals surface area contributed by atoms with Gasteiger partial charge in [0.05, 0.1) is 12.8 Å². The summed E-state index contributed by atoms with van der Waals surface area (Å²) >= 11 is 0. The second-order valence-electron chi connectivity index (χ2n) is 4.61. The molecule has 0 aromatic carbocycles. The minimum absolute atomic E-state index is 0.322. The number of aryl methyl sites for hydroxylation is 1. The fourth-order valence-electron chi connectivity index (χ4n) is 2.06. The lowest BCUT2D eigenvalue weighted by Crippen LogP contribution is -2.10. The monoisotopic (exact) mass is 252 g/mol. The van der Waals surface area contributed by atoms with Gasteiger partial charge < -0.3 is 15.0 Å². The lowest BCUT2D eigenvalue weighted by molar-refractivity contribution is 0.0588. The smallest absolute Gasteiger partial charge is 0.354 e. The van der Waals surface area contributed by atoms with Crippen molar-refractivity contribution in [3.05, 3.63) is 18.0 Å². The Bertz CT molecular complexity index is 372. The molecule has 0 atom stereocenters. The maximum Gasteiger partial charge on any atom is 0.354 e. The van der Waals surface area contributed by atoms with Crippen LogP contribution in [0.3, 0.4) is 0 Å². The van der Waals surface area contributed by atoms with E-state index in [1.54, 1.807) is 12.3 Å². The largest absolute Gasteiger partial charge is 0.464 e. The predicted molar refractivity (Wildman–Crippen MR) is 73.6 cm³/mol. The normalized spacial score (nSPS) is 10.6. The van der Waals surface area contributed by atoms with Crippen LogP contribution in [-0.4, -0.2) is 17.6 Å². The van der Waals surface area contributed by atoms with Crippen molar-refractivity contribution in [1.29, 1.82) is 0 Å². The maximum atomic E-state index is 11.5. The first kappa shape index (κ1) is 14.6. The topological polar surface area (TPSA) is 57.2 Å². The number of hydrogen-bond acceptors (Lipinski definition) is 3. The van der Waals surface area contributed by atoms with Crippen LogP contribution in [0.4, 0.5) is 5.69 Å². The number of carbonyl (C=O) groups excluding carboxylic acids is 1. The highest BCUT2D eigenvalue weighted by atomic mass is 16.5. The predicted octanol–water partition coefficient (Wildman–Crippen LogP) is 3.22.